The first kappa shape index (κ1) is 18.4. The van der Waals surface area contributed by atoms with Crippen LogP contribution in [0, 0.1) is 11.7 Å². The lowest BCUT2D eigenvalue weighted by atomic mass is 10.1. The summed E-state index contributed by atoms with van der Waals surface area (Å²) >= 11 is 0. The minimum absolute atomic E-state index is 0.00783. The zero-order valence-electron chi connectivity index (χ0n) is 15.1. The Morgan fingerprint density at radius 3 is 2.93 bits per heavy atom. The molecule has 0 radical (unpaired) electrons. The van der Waals surface area contributed by atoms with Crippen LogP contribution in [-0.2, 0) is 13.0 Å². The molecule has 3 rings (SSSR count). The second-order valence-electron chi connectivity index (χ2n) is 6.41. The molecule has 0 atom stereocenters. The molecule has 0 aliphatic rings. The molecule has 10 nitrogen and oxygen atoms in total. The Labute approximate surface area is 154 Å². The number of amides is 2. The van der Waals surface area contributed by atoms with Crippen LogP contribution in [0.2, 0.25) is 0 Å². The van der Waals surface area contributed by atoms with Crippen LogP contribution in [0.25, 0.3) is 5.69 Å². The van der Waals surface area contributed by atoms with Crippen molar-refractivity contribution in [2.45, 2.75) is 26.8 Å². The Morgan fingerprint density at radius 1 is 1.41 bits per heavy atom. The van der Waals surface area contributed by atoms with E-state index < -0.39 is 11.8 Å². The molecular weight excluding hydrogens is 355 g/mol. The minimum Gasteiger partial charge on any atom is -0.339 e. The molecule has 142 valence electrons. The molecule has 1 N–H and O–H groups in total. The Morgan fingerprint density at radius 2 is 2.22 bits per heavy atom. The van der Waals surface area contributed by atoms with Crippen LogP contribution in [0.1, 0.15) is 25.6 Å². The fourth-order valence-electron chi connectivity index (χ4n) is 2.31. The van der Waals surface area contributed by atoms with Gasteiger partial charge < -0.3 is 14.7 Å². The van der Waals surface area contributed by atoms with Crippen molar-refractivity contribution in [2.24, 2.45) is 5.92 Å². The number of anilines is 1. The Balaban J connectivity index is 1.66. The highest BCUT2D eigenvalue weighted by molar-refractivity contribution is 5.89. The standard InChI is InChI=1S/C16H19FN8O2/c1-10(2)6-15-20-14(21-27-15)8-24(3)16(26)19-13-7-11(4-5-12(13)17)25-9-18-22-23-25/h4-5,7,9-10H,6,8H2,1-3H3,(H,19,26). The van der Waals surface area contributed by atoms with Gasteiger partial charge in [0.05, 0.1) is 17.9 Å². The summed E-state index contributed by atoms with van der Waals surface area (Å²) in [6, 6.07) is 3.65. The summed E-state index contributed by atoms with van der Waals surface area (Å²) in [5.41, 5.74) is 0.518. The summed E-state index contributed by atoms with van der Waals surface area (Å²) in [5.74, 6) is 0.710. The minimum atomic E-state index is -0.577. The number of carbonyl (C=O) groups excluding carboxylic acids is 1. The van der Waals surface area contributed by atoms with Gasteiger partial charge in [-0.05, 0) is 34.5 Å². The first-order chi connectivity index (χ1) is 12.9. The molecule has 0 saturated carbocycles. The van der Waals surface area contributed by atoms with Crippen molar-refractivity contribution in [2.75, 3.05) is 12.4 Å². The molecule has 2 heterocycles. The number of tetrazole rings is 1. The van der Waals surface area contributed by atoms with Gasteiger partial charge in [-0.3, -0.25) is 0 Å². The van der Waals surface area contributed by atoms with Crippen molar-refractivity contribution in [1.29, 1.82) is 0 Å². The van der Waals surface area contributed by atoms with Crippen molar-refractivity contribution in [1.82, 2.24) is 35.2 Å². The van der Waals surface area contributed by atoms with Crippen LogP contribution in [0.3, 0.4) is 0 Å². The summed E-state index contributed by atoms with van der Waals surface area (Å²) < 4.78 is 20.6. The van der Waals surface area contributed by atoms with E-state index in [4.69, 9.17) is 4.52 Å². The average molecular weight is 374 g/mol. The summed E-state index contributed by atoms with van der Waals surface area (Å²) in [6.07, 6.45) is 2.04. The van der Waals surface area contributed by atoms with E-state index in [-0.39, 0.29) is 12.2 Å². The average Bonchev–Trinajstić information content (AvgIpc) is 3.28. The third-order valence-electron chi connectivity index (χ3n) is 3.62. The summed E-state index contributed by atoms with van der Waals surface area (Å²) in [4.78, 5) is 17.9. The van der Waals surface area contributed by atoms with E-state index in [0.717, 1.165) is 0 Å². The predicted molar refractivity (Wildman–Crippen MR) is 92.4 cm³/mol. The number of halogens is 1. The molecule has 0 spiro atoms. The van der Waals surface area contributed by atoms with E-state index in [9.17, 15) is 9.18 Å². The fraction of sp³-hybridized carbons (Fsp3) is 0.375. The van der Waals surface area contributed by atoms with Gasteiger partial charge in [-0.1, -0.05) is 19.0 Å². The van der Waals surface area contributed by atoms with Gasteiger partial charge in [0.2, 0.25) is 5.89 Å². The van der Waals surface area contributed by atoms with Crippen LogP contribution >= 0.6 is 0 Å². The van der Waals surface area contributed by atoms with E-state index in [0.29, 0.717) is 29.7 Å². The first-order valence-corrected chi connectivity index (χ1v) is 8.29. The zero-order valence-corrected chi connectivity index (χ0v) is 15.1. The third-order valence-corrected chi connectivity index (χ3v) is 3.62. The Kier molecular flexibility index (Phi) is 5.38. The number of nitrogens with zero attached hydrogens (tertiary/aromatic N) is 7. The maximum Gasteiger partial charge on any atom is 0.322 e. The van der Waals surface area contributed by atoms with Crippen molar-refractivity contribution < 1.29 is 13.7 Å². The number of hydrogen-bond acceptors (Lipinski definition) is 7. The van der Waals surface area contributed by atoms with Crippen molar-refractivity contribution in [3.63, 3.8) is 0 Å². The highest BCUT2D eigenvalue weighted by Crippen LogP contribution is 2.19. The molecular formula is C16H19FN8O2. The van der Waals surface area contributed by atoms with Gasteiger partial charge in [0.15, 0.2) is 5.82 Å². The van der Waals surface area contributed by atoms with Gasteiger partial charge in [0.1, 0.15) is 12.1 Å². The van der Waals surface area contributed by atoms with Gasteiger partial charge in [-0.25, -0.2) is 13.9 Å². The molecule has 2 amide bonds. The molecule has 0 aliphatic carbocycles. The van der Waals surface area contributed by atoms with Gasteiger partial charge in [-0.15, -0.1) is 5.10 Å². The fourth-order valence-corrected chi connectivity index (χ4v) is 2.31. The molecule has 1 aromatic carbocycles. The van der Waals surface area contributed by atoms with E-state index in [1.165, 1.54) is 34.1 Å². The number of aromatic nitrogens is 6. The van der Waals surface area contributed by atoms with Crippen LogP contribution in [-0.4, -0.2) is 48.3 Å². The second kappa shape index (κ2) is 7.89. The Bertz CT molecular complexity index is 909. The largest absolute Gasteiger partial charge is 0.339 e. The second-order valence-corrected chi connectivity index (χ2v) is 6.41. The van der Waals surface area contributed by atoms with Crippen molar-refractivity contribution in [3.05, 3.63) is 42.1 Å². The van der Waals surface area contributed by atoms with Crippen LogP contribution in [0.15, 0.2) is 29.0 Å². The quantitative estimate of drug-likeness (QED) is 0.702. The summed E-state index contributed by atoms with van der Waals surface area (Å²) in [5, 5.41) is 17.2. The molecule has 0 unspecified atom stereocenters. The zero-order chi connectivity index (χ0) is 19.4. The highest BCUT2D eigenvalue weighted by atomic mass is 19.1. The number of hydrogen-bond donors (Lipinski definition) is 1. The van der Waals surface area contributed by atoms with Gasteiger partial charge in [0, 0.05) is 13.5 Å². The number of rotatable bonds is 6. The van der Waals surface area contributed by atoms with E-state index in [1.54, 1.807) is 7.05 Å². The van der Waals surface area contributed by atoms with Crippen molar-refractivity contribution >= 4 is 11.7 Å². The van der Waals surface area contributed by atoms with Crippen molar-refractivity contribution in [3.8, 4) is 5.69 Å². The molecule has 0 bridgehead atoms. The Hall–Kier alpha value is -3.37. The SMILES string of the molecule is CC(C)Cc1nc(CN(C)C(=O)Nc2cc(-n3cnnn3)ccc2F)no1. The molecule has 0 saturated heterocycles. The number of nitrogens with one attached hydrogen (secondary N) is 1. The topological polar surface area (TPSA) is 115 Å². The summed E-state index contributed by atoms with van der Waals surface area (Å²) in [6.45, 7) is 4.21. The van der Waals surface area contributed by atoms with E-state index in [1.807, 2.05) is 13.8 Å². The maximum absolute atomic E-state index is 14.1. The number of benzene rings is 1. The van der Waals surface area contributed by atoms with Gasteiger partial charge in [-0.2, -0.15) is 4.98 Å². The predicted octanol–water partition coefficient (Wildman–Crippen LogP) is 2.05. The smallest absolute Gasteiger partial charge is 0.322 e. The molecule has 27 heavy (non-hydrogen) atoms. The molecule has 2 aromatic heterocycles. The molecule has 0 aliphatic heterocycles. The van der Waals surface area contributed by atoms with E-state index in [2.05, 4.69) is 31.0 Å². The summed E-state index contributed by atoms with van der Waals surface area (Å²) in [7, 11) is 1.55. The molecule has 0 fully saturated rings. The van der Waals surface area contributed by atoms with Crippen LogP contribution in [0.5, 0.6) is 0 Å². The van der Waals surface area contributed by atoms with Crippen LogP contribution < -0.4 is 5.32 Å². The first-order valence-electron chi connectivity index (χ1n) is 8.29. The normalized spacial score (nSPS) is 11.0. The van der Waals surface area contributed by atoms with E-state index >= 15 is 0 Å². The highest BCUT2D eigenvalue weighted by Gasteiger charge is 2.16. The lowest BCUT2D eigenvalue weighted by Gasteiger charge is -2.16. The lowest BCUT2D eigenvalue weighted by Crippen LogP contribution is -2.31. The number of urea groups is 1. The maximum atomic E-state index is 14.1. The molecule has 3 aromatic rings. The monoisotopic (exact) mass is 374 g/mol. The van der Waals surface area contributed by atoms with Gasteiger partial charge in [0.25, 0.3) is 0 Å². The number of carbonyl (C=O) groups is 1. The molecule has 11 heteroatoms. The lowest BCUT2D eigenvalue weighted by molar-refractivity contribution is 0.219. The van der Waals surface area contributed by atoms with Crippen LogP contribution in [0.4, 0.5) is 14.9 Å². The van der Waals surface area contributed by atoms with Gasteiger partial charge >= 0.3 is 6.03 Å². The third kappa shape index (κ3) is 4.63.